The van der Waals surface area contributed by atoms with Crippen molar-refractivity contribution in [3.05, 3.63) is 48.0 Å². The lowest BCUT2D eigenvalue weighted by Gasteiger charge is -2.24. The normalized spacial score (nSPS) is 17.6. The summed E-state index contributed by atoms with van der Waals surface area (Å²) in [6, 6.07) is 14.7. The Morgan fingerprint density at radius 2 is 1.76 bits per heavy atom. The van der Waals surface area contributed by atoms with Crippen LogP contribution in [-0.2, 0) is 4.79 Å². The van der Waals surface area contributed by atoms with Crippen LogP contribution >= 0.6 is 0 Å². The topological polar surface area (TPSA) is 29.1 Å². The minimum atomic E-state index is 0.0607. The first-order valence-corrected chi connectivity index (χ1v) is 8.04. The van der Waals surface area contributed by atoms with Crippen LogP contribution in [0, 0.1) is 5.92 Å². The molecule has 2 aromatic carbocycles. The molecule has 0 saturated heterocycles. The van der Waals surface area contributed by atoms with E-state index in [0.717, 1.165) is 12.8 Å². The number of nitrogens with one attached hydrogen (secondary N) is 1. The van der Waals surface area contributed by atoms with E-state index in [1.165, 1.54) is 35.6 Å². The molecule has 0 aromatic heterocycles. The van der Waals surface area contributed by atoms with Gasteiger partial charge in [-0.3, -0.25) is 4.79 Å². The lowest BCUT2D eigenvalue weighted by molar-refractivity contribution is -0.126. The van der Waals surface area contributed by atoms with E-state index in [1.54, 1.807) is 0 Å². The summed E-state index contributed by atoms with van der Waals surface area (Å²) in [6.07, 6.45) is 5.77. The van der Waals surface area contributed by atoms with E-state index in [4.69, 9.17) is 0 Å². The predicted octanol–water partition coefficient (Wildman–Crippen LogP) is 4.60. The van der Waals surface area contributed by atoms with Crippen LogP contribution in [0.15, 0.2) is 42.5 Å². The van der Waals surface area contributed by atoms with E-state index in [1.807, 2.05) is 0 Å². The van der Waals surface area contributed by atoms with Crippen molar-refractivity contribution in [1.29, 1.82) is 0 Å². The van der Waals surface area contributed by atoms with Crippen molar-refractivity contribution in [2.75, 3.05) is 0 Å². The number of hydrogen-bond donors (Lipinski definition) is 1. The summed E-state index contributed by atoms with van der Waals surface area (Å²) in [5.74, 6) is 0.450. The van der Waals surface area contributed by atoms with Crippen molar-refractivity contribution >= 4 is 16.7 Å². The molecule has 1 N–H and O–H groups in total. The highest BCUT2D eigenvalue weighted by molar-refractivity contribution is 5.87. The van der Waals surface area contributed by atoms with Crippen LogP contribution in [-0.4, -0.2) is 5.91 Å². The molecule has 1 aliphatic rings. The number of carbonyl (C=O) groups is 1. The molecule has 0 aliphatic heterocycles. The summed E-state index contributed by atoms with van der Waals surface area (Å²) in [5.41, 5.74) is 1.21. The lowest BCUT2D eigenvalue weighted by Crippen LogP contribution is -2.33. The molecule has 2 heteroatoms. The van der Waals surface area contributed by atoms with Gasteiger partial charge in [0.2, 0.25) is 5.91 Å². The molecule has 2 nitrogen and oxygen atoms in total. The SMILES string of the molecule is CC(NC(=O)C1CCCCC1)c1cccc2ccccc12. The Balaban J connectivity index is 1.77. The first-order valence-electron chi connectivity index (χ1n) is 8.04. The number of benzene rings is 2. The first kappa shape index (κ1) is 14.1. The Morgan fingerprint density at radius 3 is 2.57 bits per heavy atom. The summed E-state index contributed by atoms with van der Waals surface area (Å²) in [6.45, 7) is 2.09. The van der Waals surface area contributed by atoms with Crippen molar-refractivity contribution in [3.8, 4) is 0 Å². The summed E-state index contributed by atoms with van der Waals surface area (Å²) < 4.78 is 0. The largest absolute Gasteiger partial charge is 0.349 e. The predicted molar refractivity (Wildman–Crippen MR) is 87.1 cm³/mol. The number of carbonyl (C=O) groups excluding carboxylic acids is 1. The van der Waals surface area contributed by atoms with Crippen molar-refractivity contribution in [1.82, 2.24) is 5.32 Å². The van der Waals surface area contributed by atoms with Gasteiger partial charge in [-0.15, -0.1) is 0 Å². The van der Waals surface area contributed by atoms with Gasteiger partial charge in [0.15, 0.2) is 0 Å². The van der Waals surface area contributed by atoms with Crippen molar-refractivity contribution in [3.63, 3.8) is 0 Å². The number of hydrogen-bond acceptors (Lipinski definition) is 1. The van der Waals surface area contributed by atoms with E-state index in [9.17, 15) is 4.79 Å². The van der Waals surface area contributed by atoms with Gasteiger partial charge in [0, 0.05) is 5.92 Å². The molecule has 0 heterocycles. The van der Waals surface area contributed by atoms with E-state index < -0.39 is 0 Å². The van der Waals surface area contributed by atoms with Crippen molar-refractivity contribution in [2.45, 2.75) is 45.1 Å². The maximum Gasteiger partial charge on any atom is 0.223 e. The number of fused-ring (bicyclic) bond motifs is 1. The summed E-state index contributed by atoms with van der Waals surface area (Å²) >= 11 is 0. The van der Waals surface area contributed by atoms with Crippen LogP contribution in [0.1, 0.15) is 50.6 Å². The third-order valence-corrected chi connectivity index (χ3v) is 4.62. The Hall–Kier alpha value is -1.83. The maximum absolute atomic E-state index is 12.4. The first-order chi connectivity index (χ1) is 10.3. The molecule has 0 spiro atoms. The molecule has 3 rings (SSSR count). The zero-order valence-corrected chi connectivity index (χ0v) is 12.6. The Labute approximate surface area is 126 Å². The molecule has 2 aromatic rings. The average Bonchev–Trinajstić information content (AvgIpc) is 2.55. The van der Waals surface area contributed by atoms with Gasteiger partial charge < -0.3 is 5.32 Å². The van der Waals surface area contributed by atoms with E-state index in [0.29, 0.717) is 0 Å². The quantitative estimate of drug-likeness (QED) is 0.875. The van der Waals surface area contributed by atoms with Crippen LogP contribution < -0.4 is 5.32 Å². The smallest absolute Gasteiger partial charge is 0.223 e. The molecule has 1 aliphatic carbocycles. The fraction of sp³-hybridized carbons (Fsp3) is 0.421. The van der Waals surface area contributed by atoms with Gasteiger partial charge in [-0.1, -0.05) is 61.7 Å². The zero-order valence-electron chi connectivity index (χ0n) is 12.6. The highest BCUT2D eigenvalue weighted by atomic mass is 16.1. The van der Waals surface area contributed by atoms with Gasteiger partial charge in [0.1, 0.15) is 0 Å². The second-order valence-corrected chi connectivity index (χ2v) is 6.13. The number of amides is 1. The van der Waals surface area contributed by atoms with Gasteiger partial charge in [0.05, 0.1) is 6.04 Å². The van der Waals surface area contributed by atoms with Crippen LogP contribution in [0.4, 0.5) is 0 Å². The second kappa shape index (κ2) is 6.30. The molecule has 1 saturated carbocycles. The minimum Gasteiger partial charge on any atom is -0.349 e. The molecular formula is C19H23NO. The second-order valence-electron chi connectivity index (χ2n) is 6.13. The molecule has 0 bridgehead atoms. The van der Waals surface area contributed by atoms with Gasteiger partial charge in [-0.2, -0.15) is 0 Å². The number of rotatable bonds is 3. The summed E-state index contributed by atoms with van der Waals surface area (Å²) in [7, 11) is 0. The average molecular weight is 281 g/mol. The van der Waals surface area contributed by atoms with Gasteiger partial charge >= 0.3 is 0 Å². The monoisotopic (exact) mass is 281 g/mol. The summed E-state index contributed by atoms with van der Waals surface area (Å²) in [5, 5.41) is 5.68. The van der Waals surface area contributed by atoms with Gasteiger partial charge in [-0.05, 0) is 36.1 Å². The molecule has 1 atom stereocenters. The van der Waals surface area contributed by atoms with Crippen LogP contribution in [0.25, 0.3) is 10.8 Å². The van der Waals surface area contributed by atoms with E-state index in [-0.39, 0.29) is 17.9 Å². The third kappa shape index (κ3) is 3.10. The van der Waals surface area contributed by atoms with E-state index in [2.05, 4.69) is 54.7 Å². The van der Waals surface area contributed by atoms with Gasteiger partial charge in [0.25, 0.3) is 0 Å². The maximum atomic E-state index is 12.4. The molecule has 1 amide bonds. The highest BCUT2D eigenvalue weighted by Crippen LogP contribution is 2.27. The minimum absolute atomic E-state index is 0.0607. The Morgan fingerprint density at radius 1 is 1.05 bits per heavy atom. The molecule has 1 fully saturated rings. The van der Waals surface area contributed by atoms with Crippen LogP contribution in [0.3, 0.4) is 0 Å². The fourth-order valence-corrected chi connectivity index (χ4v) is 3.40. The van der Waals surface area contributed by atoms with E-state index >= 15 is 0 Å². The fourth-order valence-electron chi connectivity index (χ4n) is 3.40. The third-order valence-electron chi connectivity index (χ3n) is 4.62. The van der Waals surface area contributed by atoms with Crippen LogP contribution in [0.2, 0.25) is 0 Å². The molecule has 110 valence electrons. The van der Waals surface area contributed by atoms with Gasteiger partial charge in [-0.25, -0.2) is 0 Å². The molecular weight excluding hydrogens is 258 g/mol. The van der Waals surface area contributed by atoms with Crippen LogP contribution in [0.5, 0.6) is 0 Å². The molecule has 21 heavy (non-hydrogen) atoms. The Kier molecular flexibility index (Phi) is 4.23. The molecule has 1 unspecified atom stereocenters. The highest BCUT2D eigenvalue weighted by Gasteiger charge is 2.22. The van der Waals surface area contributed by atoms with Crippen molar-refractivity contribution < 1.29 is 4.79 Å². The summed E-state index contributed by atoms with van der Waals surface area (Å²) in [4.78, 5) is 12.4. The zero-order chi connectivity index (χ0) is 14.7. The Bertz CT molecular complexity index is 623. The molecule has 0 radical (unpaired) electrons. The standard InChI is InChI=1S/C19H23NO/c1-14(20-19(21)16-9-3-2-4-10-16)17-13-7-11-15-8-5-6-12-18(15)17/h5-8,11-14,16H,2-4,9-10H2,1H3,(H,20,21). The lowest BCUT2D eigenvalue weighted by atomic mass is 9.88. The van der Waals surface area contributed by atoms with Crippen molar-refractivity contribution in [2.24, 2.45) is 5.92 Å².